The van der Waals surface area contributed by atoms with Gasteiger partial charge in [0.1, 0.15) is 5.41 Å². The predicted octanol–water partition coefficient (Wildman–Crippen LogP) is 1.20. The maximum Gasteiger partial charge on any atom is 0.178 e. The highest BCUT2D eigenvalue weighted by molar-refractivity contribution is 7.91. The van der Waals surface area contributed by atoms with Crippen molar-refractivity contribution in [1.29, 1.82) is 5.26 Å². The van der Waals surface area contributed by atoms with E-state index in [9.17, 15) is 13.7 Å². The smallest absolute Gasteiger partial charge is 0.178 e. The van der Waals surface area contributed by atoms with Gasteiger partial charge < -0.3 is 4.74 Å². The van der Waals surface area contributed by atoms with Crippen molar-refractivity contribution in [2.45, 2.75) is 23.2 Å². The molecule has 0 N–H and O–H groups in total. The van der Waals surface area contributed by atoms with Crippen LogP contribution in [0.5, 0.6) is 0 Å². The van der Waals surface area contributed by atoms with E-state index in [1.807, 2.05) is 6.07 Å². The lowest BCUT2D eigenvalue weighted by Crippen LogP contribution is -2.45. The number of hydrogen-bond donors (Lipinski definition) is 0. The maximum atomic E-state index is 11.9. The number of sulfone groups is 1. The molecule has 2 heterocycles. The number of hydrogen-bond acceptors (Lipinski definition) is 4. The first-order chi connectivity index (χ1) is 8.57. The predicted molar refractivity (Wildman–Crippen MR) is 64.9 cm³/mol. The Morgan fingerprint density at radius 2 is 2.11 bits per heavy atom. The molecule has 0 unspecified atom stereocenters. The molecule has 1 saturated heterocycles. The lowest BCUT2D eigenvalue weighted by molar-refractivity contribution is -0.0298. The second-order valence-corrected chi connectivity index (χ2v) is 7.01. The van der Waals surface area contributed by atoms with E-state index in [4.69, 9.17) is 4.74 Å². The average Bonchev–Trinajstić information content (AvgIpc) is 2.27. The van der Waals surface area contributed by atoms with Crippen molar-refractivity contribution in [2.24, 2.45) is 0 Å². The molecule has 0 spiro atoms. The third-order valence-corrected chi connectivity index (χ3v) is 5.61. The van der Waals surface area contributed by atoms with Crippen LogP contribution in [0, 0.1) is 11.3 Å². The highest BCUT2D eigenvalue weighted by Gasteiger charge is 2.41. The molecule has 0 radical (unpaired) electrons. The third kappa shape index (κ3) is 1.57. The summed E-state index contributed by atoms with van der Waals surface area (Å²) in [6, 6.07) is 7.56. The Morgan fingerprint density at radius 1 is 1.33 bits per heavy atom. The molecular weight excluding hydrogens is 250 g/mol. The zero-order valence-electron chi connectivity index (χ0n) is 9.85. The Bertz CT molecular complexity index is 639. The van der Waals surface area contributed by atoms with E-state index in [0.29, 0.717) is 24.5 Å². The first-order valence-electron chi connectivity index (χ1n) is 5.93. The summed E-state index contributed by atoms with van der Waals surface area (Å²) in [5, 5.41) is 9.25. The molecule has 18 heavy (non-hydrogen) atoms. The number of ether oxygens (including phenoxy) is 1. The quantitative estimate of drug-likeness (QED) is 0.763. The van der Waals surface area contributed by atoms with Crippen molar-refractivity contribution < 1.29 is 13.2 Å². The number of aryl methyl sites for hydroxylation is 1. The monoisotopic (exact) mass is 263 g/mol. The van der Waals surface area contributed by atoms with Gasteiger partial charge in [-0.2, -0.15) is 5.26 Å². The van der Waals surface area contributed by atoms with Crippen molar-refractivity contribution in [2.75, 3.05) is 19.0 Å². The number of fused-ring (bicyclic) bond motifs is 1. The first-order valence-corrected chi connectivity index (χ1v) is 7.58. The van der Waals surface area contributed by atoms with Crippen molar-refractivity contribution >= 4 is 9.84 Å². The summed E-state index contributed by atoms with van der Waals surface area (Å²) in [6.45, 7) is 0.796. The van der Waals surface area contributed by atoms with Crippen LogP contribution >= 0.6 is 0 Å². The van der Waals surface area contributed by atoms with Crippen LogP contribution in [0.4, 0.5) is 0 Å². The van der Waals surface area contributed by atoms with E-state index in [0.717, 1.165) is 17.5 Å². The Labute approximate surface area is 106 Å². The largest absolute Gasteiger partial charge is 0.377 e. The van der Waals surface area contributed by atoms with E-state index >= 15 is 0 Å². The summed E-state index contributed by atoms with van der Waals surface area (Å²) in [5.41, 5.74) is 1.16. The van der Waals surface area contributed by atoms with Gasteiger partial charge in [0.25, 0.3) is 0 Å². The van der Waals surface area contributed by atoms with Gasteiger partial charge >= 0.3 is 0 Å². The molecule has 0 aromatic heterocycles. The van der Waals surface area contributed by atoms with Gasteiger partial charge in [0.2, 0.25) is 0 Å². The van der Waals surface area contributed by atoms with Gasteiger partial charge in [-0.05, 0) is 30.0 Å². The average molecular weight is 263 g/mol. The minimum Gasteiger partial charge on any atom is -0.377 e. The minimum absolute atomic E-state index is 0.228. The summed E-state index contributed by atoms with van der Waals surface area (Å²) in [7, 11) is -3.11. The SMILES string of the molecule is N#CC1(c2ccc3c(c2)CCCS3(=O)=O)COC1. The van der Waals surface area contributed by atoms with Crippen LogP contribution in [0.3, 0.4) is 0 Å². The fraction of sp³-hybridized carbons (Fsp3) is 0.462. The van der Waals surface area contributed by atoms with Gasteiger partial charge in [-0.15, -0.1) is 0 Å². The maximum absolute atomic E-state index is 11.9. The highest BCUT2D eigenvalue weighted by atomic mass is 32.2. The van der Waals surface area contributed by atoms with E-state index in [1.54, 1.807) is 12.1 Å². The Kier molecular flexibility index (Phi) is 2.47. The molecule has 1 aromatic rings. The van der Waals surface area contributed by atoms with Crippen molar-refractivity contribution in [3.05, 3.63) is 29.3 Å². The number of benzene rings is 1. The van der Waals surface area contributed by atoms with Gasteiger partial charge in [0.05, 0.1) is 29.9 Å². The normalized spacial score (nSPS) is 23.5. The summed E-state index contributed by atoms with van der Waals surface area (Å²) in [5.74, 6) is 0.228. The van der Waals surface area contributed by atoms with Crippen molar-refractivity contribution in [3.8, 4) is 6.07 Å². The molecule has 0 atom stereocenters. The molecule has 1 fully saturated rings. The fourth-order valence-corrected chi connectivity index (χ4v) is 4.12. The Balaban J connectivity index is 2.10. The summed E-state index contributed by atoms with van der Waals surface area (Å²) < 4.78 is 28.9. The fourth-order valence-electron chi connectivity index (χ4n) is 2.54. The van der Waals surface area contributed by atoms with Crippen LogP contribution in [-0.4, -0.2) is 27.4 Å². The van der Waals surface area contributed by atoms with Crippen LogP contribution in [-0.2, 0) is 26.4 Å². The van der Waals surface area contributed by atoms with Crippen molar-refractivity contribution in [3.63, 3.8) is 0 Å². The molecular formula is C13H13NO3S. The van der Waals surface area contributed by atoms with Gasteiger partial charge in [-0.25, -0.2) is 8.42 Å². The van der Waals surface area contributed by atoms with Gasteiger partial charge in [-0.1, -0.05) is 12.1 Å². The third-order valence-electron chi connectivity index (χ3n) is 3.72. The topological polar surface area (TPSA) is 67.2 Å². The zero-order valence-corrected chi connectivity index (χ0v) is 10.7. The molecule has 3 rings (SSSR count). The molecule has 0 amide bonds. The molecule has 0 bridgehead atoms. The number of nitriles is 1. The summed E-state index contributed by atoms with van der Waals surface area (Å²) in [6.07, 6.45) is 1.43. The Hall–Kier alpha value is -1.38. The van der Waals surface area contributed by atoms with E-state index in [2.05, 4.69) is 6.07 Å². The van der Waals surface area contributed by atoms with Gasteiger partial charge in [0.15, 0.2) is 9.84 Å². The van der Waals surface area contributed by atoms with Crippen LogP contribution in [0.25, 0.3) is 0 Å². The molecule has 0 aliphatic carbocycles. The minimum atomic E-state index is -3.11. The number of nitrogens with zero attached hydrogens (tertiary/aromatic N) is 1. The summed E-state index contributed by atoms with van der Waals surface area (Å²) in [4.78, 5) is 0.436. The van der Waals surface area contributed by atoms with Gasteiger partial charge in [0, 0.05) is 0 Å². The molecule has 0 saturated carbocycles. The lowest BCUT2D eigenvalue weighted by Gasteiger charge is -2.36. The lowest BCUT2D eigenvalue weighted by atomic mass is 9.79. The molecule has 94 valence electrons. The summed E-state index contributed by atoms with van der Waals surface area (Å²) >= 11 is 0. The van der Waals surface area contributed by atoms with Gasteiger partial charge in [-0.3, -0.25) is 0 Å². The van der Waals surface area contributed by atoms with Crippen LogP contribution in [0.15, 0.2) is 23.1 Å². The molecule has 5 heteroatoms. The zero-order chi connectivity index (χ0) is 12.8. The molecule has 2 aliphatic rings. The Morgan fingerprint density at radius 3 is 2.72 bits per heavy atom. The highest BCUT2D eigenvalue weighted by Crippen LogP contribution is 2.35. The first kappa shape index (κ1) is 11.7. The molecule has 4 nitrogen and oxygen atoms in total. The number of rotatable bonds is 1. The van der Waals surface area contributed by atoms with E-state index in [1.165, 1.54) is 0 Å². The van der Waals surface area contributed by atoms with Crippen LogP contribution in [0.2, 0.25) is 0 Å². The second kappa shape index (κ2) is 3.81. The van der Waals surface area contributed by atoms with Crippen LogP contribution < -0.4 is 0 Å². The van der Waals surface area contributed by atoms with Crippen molar-refractivity contribution in [1.82, 2.24) is 0 Å². The molecule has 2 aliphatic heterocycles. The van der Waals surface area contributed by atoms with Crippen LogP contribution in [0.1, 0.15) is 17.5 Å². The standard InChI is InChI=1S/C13H13NO3S/c14-7-13(8-17-9-13)11-3-4-12-10(6-11)2-1-5-18(12,15)16/h3-4,6H,1-2,5,8-9H2. The second-order valence-electron chi connectivity index (χ2n) is 4.93. The molecule has 1 aromatic carbocycles. The van der Waals surface area contributed by atoms with E-state index < -0.39 is 15.3 Å². The van der Waals surface area contributed by atoms with E-state index in [-0.39, 0.29) is 5.75 Å².